The molecule has 0 spiro atoms. The SMILES string of the molecule is Cc1ccccc1NC(=O)Nc1ccnn1C1CCN(C2CCCCC2)CC1. The molecule has 2 heterocycles. The summed E-state index contributed by atoms with van der Waals surface area (Å²) in [5.41, 5.74) is 1.87. The molecule has 1 aromatic carbocycles. The molecule has 28 heavy (non-hydrogen) atoms. The van der Waals surface area contributed by atoms with Crippen molar-refractivity contribution < 1.29 is 4.79 Å². The Morgan fingerprint density at radius 2 is 1.71 bits per heavy atom. The summed E-state index contributed by atoms with van der Waals surface area (Å²) in [5, 5.41) is 10.4. The van der Waals surface area contributed by atoms with Gasteiger partial charge in [0.05, 0.1) is 12.2 Å². The zero-order chi connectivity index (χ0) is 19.3. The minimum absolute atomic E-state index is 0.226. The highest BCUT2D eigenvalue weighted by Gasteiger charge is 2.28. The van der Waals surface area contributed by atoms with Crippen LogP contribution in [0.4, 0.5) is 16.3 Å². The topological polar surface area (TPSA) is 62.2 Å². The molecule has 4 rings (SSSR count). The largest absolute Gasteiger partial charge is 0.324 e. The summed E-state index contributed by atoms with van der Waals surface area (Å²) in [5.74, 6) is 0.766. The number of nitrogens with zero attached hydrogens (tertiary/aromatic N) is 3. The molecule has 1 saturated carbocycles. The summed E-state index contributed by atoms with van der Waals surface area (Å²) in [6.07, 6.45) is 10.8. The number of benzene rings is 1. The van der Waals surface area contributed by atoms with Crippen molar-refractivity contribution in [1.29, 1.82) is 0 Å². The fourth-order valence-electron chi connectivity index (χ4n) is 4.63. The van der Waals surface area contributed by atoms with Gasteiger partial charge in [-0.05, 0) is 44.2 Å². The number of amides is 2. The minimum atomic E-state index is -0.226. The highest BCUT2D eigenvalue weighted by Crippen LogP contribution is 2.30. The lowest BCUT2D eigenvalue weighted by Crippen LogP contribution is -2.43. The number of anilines is 2. The van der Waals surface area contributed by atoms with Crippen LogP contribution in [0.2, 0.25) is 0 Å². The number of hydrogen-bond donors (Lipinski definition) is 2. The van der Waals surface area contributed by atoms with Crippen molar-refractivity contribution in [1.82, 2.24) is 14.7 Å². The van der Waals surface area contributed by atoms with Gasteiger partial charge in [-0.3, -0.25) is 5.32 Å². The normalized spacial score (nSPS) is 19.5. The number of carbonyl (C=O) groups is 1. The Labute approximate surface area is 167 Å². The van der Waals surface area contributed by atoms with Crippen molar-refractivity contribution in [2.75, 3.05) is 23.7 Å². The summed E-state index contributed by atoms with van der Waals surface area (Å²) in [4.78, 5) is 15.1. The molecular formula is C22H31N5O. The third kappa shape index (κ3) is 4.38. The maximum absolute atomic E-state index is 12.5. The van der Waals surface area contributed by atoms with Crippen LogP contribution >= 0.6 is 0 Å². The lowest BCUT2D eigenvalue weighted by atomic mass is 9.92. The highest BCUT2D eigenvalue weighted by molar-refractivity contribution is 5.99. The minimum Gasteiger partial charge on any atom is -0.307 e. The Bertz CT molecular complexity index is 788. The Morgan fingerprint density at radius 3 is 2.46 bits per heavy atom. The summed E-state index contributed by atoms with van der Waals surface area (Å²) in [6, 6.07) is 10.6. The average molecular weight is 382 g/mol. The molecule has 0 atom stereocenters. The first-order chi connectivity index (χ1) is 13.7. The van der Waals surface area contributed by atoms with Gasteiger partial charge in [0.25, 0.3) is 0 Å². The molecule has 2 N–H and O–H groups in total. The van der Waals surface area contributed by atoms with Crippen LogP contribution in [0.25, 0.3) is 0 Å². The van der Waals surface area contributed by atoms with Crippen LogP contribution < -0.4 is 10.6 Å². The summed E-state index contributed by atoms with van der Waals surface area (Å²) in [6.45, 7) is 4.24. The van der Waals surface area contributed by atoms with Crippen LogP contribution in [0.1, 0.15) is 56.6 Å². The summed E-state index contributed by atoms with van der Waals surface area (Å²) >= 11 is 0. The molecule has 0 unspecified atom stereocenters. The molecule has 150 valence electrons. The maximum Gasteiger partial charge on any atom is 0.324 e. The van der Waals surface area contributed by atoms with Crippen molar-refractivity contribution in [3.05, 3.63) is 42.1 Å². The first kappa shape index (κ1) is 19.0. The highest BCUT2D eigenvalue weighted by atomic mass is 16.2. The van der Waals surface area contributed by atoms with Crippen LogP contribution in [-0.2, 0) is 0 Å². The zero-order valence-corrected chi connectivity index (χ0v) is 16.7. The molecule has 1 aliphatic carbocycles. The van der Waals surface area contributed by atoms with Gasteiger partial charge in [-0.2, -0.15) is 5.10 Å². The standard InChI is InChI=1S/C22H31N5O/c1-17-7-5-6-10-20(17)24-22(28)25-21-11-14-23-27(21)19-12-15-26(16-13-19)18-8-3-2-4-9-18/h5-7,10-11,14,18-19H,2-4,8-9,12-13,15-16H2,1H3,(H2,24,25,28). The fourth-order valence-corrected chi connectivity index (χ4v) is 4.63. The van der Waals surface area contributed by atoms with Crippen molar-refractivity contribution in [2.45, 2.75) is 64.0 Å². The molecule has 1 aliphatic heterocycles. The van der Waals surface area contributed by atoms with Gasteiger partial charge in [0.15, 0.2) is 0 Å². The first-order valence-corrected chi connectivity index (χ1v) is 10.6. The summed E-state index contributed by atoms with van der Waals surface area (Å²) in [7, 11) is 0. The van der Waals surface area contributed by atoms with E-state index in [0.29, 0.717) is 6.04 Å². The molecular weight excluding hydrogens is 350 g/mol. The van der Waals surface area contributed by atoms with E-state index in [1.165, 1.54) is 32.1 Å². The number of aromatic nitrogens is 2. The van der Waals surface area contributed by atoms with Gasteiger partial charge in [-0.1, -0.05) is 37.5 Å². The van der Waals surface area contributed by atoms with Crippen molar-refractivity contribution in [3.63, 3.8) is 0 Å². The van der Waals surface area contributed by atoms with Crippen LogP contribution in [-0.4, -0.2) is 39.8 Å². The van der Waals surface area contributed by atoms with Crippen LogP contribution in [0.5, 0.6) is 0 Å². The molecule has 1 saturated heterocycles. The van der Waals surface area contributed by atoms with E-state index in [2.05, 4.69) is 20.6 Å². The van der Waals surface area contributed by atoms with Crippen molar-refractivity contribution in [3.8, 4) is 0 Å². The third-order valence-corrected chi connectivity index (χ3v) is 6.24. The number of nitrogens with one attached hydrogen (secondary N) is 2. The predicted octanol–water partition coefficient (Wildman–Crippen LogP) is 4.81. The zero-order valence-electron chi connectivity index (χ0n) is 16.7. The van der Waals surface area contributed by atoms with Gasteiger partial charge in [0.1, 0.15) is 5.82 Å². The molecule has 0 bridgehead atoms. The van der Waals surface area contributed by atoms with Gasteiger partial charge < -0.3 is 10.2 Å². The molecule has 2 fully saturated rings. The molecule has 2 aliphatic rings. The van der Waals surface area contributed by atoms with E-state index >= 15 is 0 Å². The van der Waals surface area contributed by atoms with E-state index in [0.717, 1.165) is 49.0 Å². The number of rotatable bonds is 4. The molecule has 6 heteroatoms. The Morgan fingerprint density at radius 1 is 0.964 bits per heavy atom. The van der Waals surface area contributed by atoms with E-state index in [1.807, 2.05) is 41.9 Å². The van der Waals surface area contributed by atoms with E-state index < -0.39 is 0 Å². The lowest BCUT2D eigenvalue weighted by Gasteiger charge is -2.39. The quantitative estimate of drug-likeness (QED) is 0.799. The molecule has 1 aromatic heterocycles. The monoisotopic (exact) mass is 381 g/mol. The number of carbonyl (C=O) groups excluding carboxylic acids is 1. The molecule has 6 nitrogen and oxygen atoms in total. The van der Waals surface area contributed by atoms with Gasteiger partial charge in [0.2, 0.25) is 0 Å². The predicted molar refractivity (Wildman–Crippen MR) is 113 cm³/mol. The van der Waals surface area contributed by atoms with E-state index in [4.69, 9.17) is 0 Å². The average Bonchev–Trinajstić information content (AvgIpc) is 3.18. The van der Waals surface area contributed by atoms with E-state index in [9.17, 15) is 4.79 Å². The fraction of sp³-hybridized carbons (Fsp3) is 0.545. The van der Waals surface area contributed by atoms with E-state index in [1.54, 1.807) is 6.20 Å². The number of urea groups is 1. The first-order valence-electron chi connectivity index (χ1n) is 10.6. The van der Waals surface area contributed by atoms with Crippen molar-refractivity contribution >= 4 is 17.5 Å². The second-order valence-electron chi connectivity index (χ2n) is 8.11. The van der Waals surface area contributed by atoms with Gasteiger partial charge in [-0.25, -0.2) is 9.48 Å². The Kier molecular flexibility index (Phi) is 5.95. The van der Waals surface area contributed by atoms with Crippen LogP contribution in [0.15, 0.2) is 36.5 Å². The number of piperidine rings is 1. The van der Waals surface area contributed by atoms with Gasteiger partial charge in [-0.15, -0.1) is 0 Å². The van der Waals surface area contributed by atoms with Crippen molar-refractivity contribution in [2.24, 2.45) is 0 Å². The summed E-state index contributed by atoms with van der Waals surface area (Å²) < 4.78 is 2.00. The van der Waals surface area contributed by atoms with Crippen LogP contribution in [0, 0.1) is 6.92 Å². The smallest absolute Gasteiger partial charge is 0.307 e. The number of para-hydroxylation sites is 1. The number of aryl methyl sites for hydroxylation is 1. The second-order valence-corrected chi connectivity index (χ2v) is 8.11. The molecule has 2 aromatic rings. The maximum atomic E-state index is 12.5. The number of hydrogen-bond acceptors (Lipinski definition) is 3. The Hall–Kier alpha value is -2.34. The van der Waals surface area contributed by atoms with Gasteiger partial charge in [0, 0.05) is 30.9 Å². The van der Waals surface area contributed by atoms with Crippen LogP contribution in [0.3, 0.4) is 0 Å². The lowest BCUT2D eigenvalue weighted by molar-refractivity contribution is 0.106. The van der Waals surface area contributed by atoms with E-state index in [-0.39, 0.29) is 6.03 Å². The Balaban J connectivity index is 1.34. The second kappa shape index (κ2) is 8.78. The van der Waals surface area contributed by atoms with Gasteiger partial charge >= 0.3 is 6.03 Å². The molecule has 0 radical (unpaired) electrons. The number of likely N-dealkylation sites (tertiary alicyclic amines) is 1. The molecule has 2 amide bonds. The third-order valence-electron chi connectivity index (χ3n) is 6.24.